The molecule has 0 fully saturated rings. The minimum absolute atomic E-state index is 0.221. The van der Waals surface area contributed by atoms with Gasteiger partial charge in [0.15, 0.2) is 0 Å². The highest BCUT2D eigenvalue weighted by Gasteiger charge is 2.21. The van der Waals surface area contributed by atoms with E-state index in [1.54, 1.807) is 17.5 Å². The van der Waals surface area contributed by atoms with Gasteiger partial charge in [-0.3, -0.25) is 9.59 Å². The zero-order valence-electron chi connectivity index (χ0n) is 14.1. The summed E-state index contributed by atoms with van der Waals surface area (Å²) in [6.07, 6.45) is 1.88. The van der Waals surface area contributed by atoms with Crippen LogP contribution in [0, 0.1) is 0 Å². The van der Waals surface area contributed by atoms with Crippen molar-refractivity contribution in [2.45, 2.75) is 32.2 Å². The highest BCUT2D eigenvalue weighted by molar-refractivity contribution is 7.12. The first-order valence-electron chi connectivity index (χ1n) is 8.10. The number of hydrogen-bond acceptors (Lipinski definition) is 4. The number of carboxylic acids is 1. The molecule has 0 radical (unpaired) electrons. The predicted molar refractivity (Wildman–Crippen MR) is 102 cm³/mol. The standard InChI is InChI=1S/C18H19ClN2O4S/c1-2-3-5-13(18(24)25)20-16(22)11-7-8-12(19)14(10-11)21-17(23)15-6-4-9-26-15/h4,6-10,13H,2-3,5H2,1H3,(H,20,22)(H,21,23)(H,24,25)/t13-/m0/s1. The van der Waals surface area contributed by atoms with Gasteiger partial charge in [0.05, 0.1) is 15.6 Å². The SMILES string of the molecule is CCCC[C@H](NC(=O)c1ccc(Cl)c(NC(=O)c2cccs2)c1)C(=O)O. The first kappa shape index (κ1) is 19.9. The molecule has 2 amide bonds. The number of carbonyl (C=O) groups excluding carboxylic acids is 2. The van der Waals surface area contributed by atoms with E-state index < -0.39 is 17.9 Å². The Morgan fingerprint density at radius 2 is 2.00 bits per heavy atom. The smallest absolute Gasteiger partial charge is 0.326 e. The molecule has 8 heteroatoms. The third-order valence-corrected chi connectivity index (χ3v) is 4.87. The van der Waals surface area contributed by atoms with Crippen LogP contribution in [0.3, 0.4) is 0 Å². The van der Waals surface area contributed by atoms with Crippen molar-refractivity contribution in [3.05, 3.63) is 51.2 Å². The number of unbranched alkanes of at least 4 members (excludes halogenated alkanes) is 1. The Hall–Kier alpha value is -2.38. The lowest BCUT2D eigenvalue weighted by molar-refractivity contribution is -0.139. The van der Waals surface area contributed by atoms with Gasteiger partial charge in [0.2, 0.25) is 0 Å². The Labute approximate surface area is 160 Å². The van der Waals surface area contributed by atoms with E-state index in [0.717, 1.165) is 6.42 Å². The van der Waals surface area contributed by atoms with Crippen LogP contribution in [0.1, 0.15) is 46.2 Å². The molecule has 0 aliphatic heterocycles. The molecular formula is C18H19ClN2O4S. The van der Waals surface area contributed by atoms with Crippen LogP contribution in [-0.2, 0) is 4.79 Å². The molecule has 2 aromatic rings. The summed E-state index contributed by atoms with van der Waals surface area (Å²) in [4.78, 5) is 36.3. The molecular weight excluding hydrogens is 376 g/mol. The summed E-state index contributed by atoms with van der Waals surface area (Å²) in [7, 11) is 0. The van der Waals surface area contributed by atoms with E-state index in [0.29, 0.717) is 17.7 Å². The zero-order chi connectivity index (χ0) is 19.1. The van der Waals surface area contributed by atoms with E-state index in [9.17, 15) is 19.5 Å². The minimum Gasteiger partial charge on any atom is -0.480 e. The zero-order valence-corrected chi connectivity index (χ0v) is 15.7. The first-order valence-corrected chi connectivity index (χ1v) is 9.36. The molecule has 26 heavy (non-hydrogen) atoms. The van der Waals surface area contributed by atoms with Gasteiger partial charge in [-0.05, 0) is 36.1 Å². The Kier molecular flexibility index (Phi) is 7.17. The van der Waals surface area contributed by atoms with Crippen molar-refractivity contribution in [3.8, 4) is 0 Å². The van der Waals surface area contributed by atoms with Gasteiger partial charge in [0.1, 0.15) is 6.04 Å². The van der Waals surface area contributed by atoms with Crippen molar-refractivity contribution in [2.75, 3.05) is 5.32 Å². The Bertz CT molecular complexity index is 792. The maximum absolute atomic E-state index is 12.4. The van der Waals surface area contributed by atoms with Gasteiger partial charge in [-0.1, -0.05) is 37.4 Å². The van der Waals surface area contributed by atoms with Crippen molar-refractivity contribution >= 4 is 46.4 Å². The number of thiophene rings is 1. The van der Waals surface area contributed by atoms with Crippen molar-refractivity contribution in [3.63, 3.8) is 0 Å². The van der Waals surface area contributed by atoms with Gasteiger partial charge in [-0.15, -0.1) is 11.3 Å². The number of carbonyl (C=O) groups is 3. The second-order valence-electron chi connectivity index (χ2n) is 5.63. The number of aliphatic carboxylic acids is 1. The van der Waals surface area contributed by atoms with Gasteiger partial charge in [-0.25, -0.2) is 4.79 Å². The van der Waals surface area contributed by atoms with Gasteiger partial charge in [0, 0.05) is 5.56 Å². The number of halogens is 1. The van der Waals surface area contributed by atoms with E-state index in [4.69, 9.17) is 11.6 Å². The van der Waals surface area contributed by atoms with Crippen LogP contribution in [0.25, 0.3) is 0 Å². The van der Waals surface area contributed by atoms with Crippen LogP contribution >= 0.6 is 22.9 Å². The van der Waals surface area contributed by atoms with E-state index in [-0.39, 0.29) is 22.2 Å². The number of hydrogen-bond donors (Lipinski definition) is 3. The topological polar surface area (TPSA) is 95.5 Å². The first-order chi connectivity index (χ1) is 12.4. The van der Waals surface area contributed by atoms with E-state index in [1.165, 1.54) is 29.5 Å². The Morgan fingerprint density at radius 3 is 2.62 bits per heavy atom. The van der Waals surface area contributed by atoms with Crippen molar-refractivity contribution < 1.29 is 19.5 Å². The largest absolute Gasteiger partial charge is 0.480 e. The fourth-order valence-corrected chi connectivity index (χ4v) is 3.04. The molecule has 1 aromatic carbocycles. The second kappa shape index (κ2) is 9.35. The molecule has 0 aliphatic rings. The van der Waals surface area contributed by atoms with Crippen LogP contribution in [0.15, 0.2) is 35.7 Å². The molecule has 138 valence electrons. The predicted octanol–water partition coefficient (Wildman–Crippen LogP) is 4.03. The van der Waals surface area contributed by atoms with Crippen LogP contribution in [0.5, 0.6) is 0 Å². The molecule has 1 atom stereocenters. The van der Waals surface area contributed by atoms with Crippen molar-refractivity contribution in [1.29, 1.82) is 0 Å². The maximum atomic E-state index is 12.4. The van der Waals surface area contributed by atoms with Gasteiger partial charge < -0.3 is 15.7 Å². The molecule has 1 heterocycles. The lowest BCUT2D eigenvalue weighted by Crippen LogP contribution is -2.40. The normalized spacial score (nSPS) is 11.6. The van der Waals surface area contributed by atoms with E-state index in [1.807, 2.05) is 6.92 Å². The highest BCUT2D eigenvalue weighted by Crippen LogP contribution is 2.24. The molecule has 0 bridgehead atoms. The van der Waals surface area contributed by atoms with E-state index in [2.05, 4.69) is 10.6 Å². The molecule has 2 rings (SSSR count). The molecule has 6 nitrogen and oxygen atoms in total. The van der Waals surface area contributed by atoms with Crippen LogP contribution in [0.2, 0.25) is 5.02 Å². The van der Waals surface area contributed by atoms with Crippen LogP contribution in [0.4, 0.5) is 5.69 Å². The summed E-state index contributed by atoms with van der Waals surface area (Å²) in [5, 5.41) is 16.5. The molecule has 0 spiro atoms. The van der Waals surface area contributed by atoms with E-state index >= 15 is 0 Å². The summed E-state index contributed by atoms with van der Waals surface area (Å²) < 4.78 is 0. The summed E-state index contributed by atoms with van der Waals surface area (Å²) in [6.45, 7) is 1.95. The summed E-state index contributed by atoms with van der Waals surface area (Å²) in [5.74, 6) is -1.94. The lowest BCUT2D eigenvalue weighted by Gasteiger charge is -2.15. The summed E-state index contributed by atoms with van der Waals surface area (Å²) >= 11 is 7.38. The summed E-state index contributed by atoms with van der Waals surface area (Å²) in [6, 6.07) is 6.88. The number of amides is 2. The molecule has 3 N–H and O–H groups in total. The average molecular weight is 395 g/mol. The van der Waals surface area contributed by atoms with Gasteiger partial charge in [-0.2, -0.15) is 0 Å². The average Bonchev–Trinajstić information content (AvgIpc) is 3.14. The molecule has 0 unspecified atom stereocenters. The second-order valence-corrected chi connectivity index (χ2v) is 6.99. The quantitative estimate of drug-likeness (QED) is 0.629. The monoisotopic (exact) mass is 394 g/mol. The Balaban J connectivity index is 2.13. The number of carboxylic acid groups (broad SMARTS) is 1. The van der Waals surface area contributed by atoms with Crippen molar-refractivity contribution in [2.24, 2.45) is 0 Å². The minimum atomic E-state index is -1.08. The van der Waals surface area contributed by atoms with Gasteiger partial charge >= 0.3 is 5.97 Å². The van der Waals surface area contributed by atoms with Crippen LogP contribution in [-0.4, -0.2) is 28.9 Å². The lowest BCUT2D eigenvalue weighted by atomic mass is 10.1. The molecule has 0 saturated heterocycles. The number of anilines is 1. The number of rotatable bonds is 8. The van der Waals surface area contributed by atoms with Crippen LogP contribution < -0.4 is 10.6 Å². The van der Waals surface area contributed by atoms with Crippen molar-refractivity contribution in [1.82, 2.24) is 5.32 Å². The fraction of sp³-hybridized carbons (Fsp3) is 0.278. The fourth-order valence-electron chi connectivity index (χ4n) is 2.26. The molecule has 1 aromatic heterocycles. The highest BCUT2D eigenvalue weighted by atomic mass is 35.5. The number of nitrogens with one attached hydrogen (secondary N) is 2. The molecule has 0 saturated carbocycles. The Morgan fingerprint density at radius 1 is 1.23 bits per heavy atom. The molecule has 0 aliphatic carbocycles. The number of benzene rings is 1. The van der Waals surface area contributed by atoms with Gasteiger partial charge in [0.25, 0.3) is 11.8 Å². The third kappa shape index (κ3) is 5.31. The summed E-state index contributed by atoms with van der Waals surface area (Å²) in [5.41, 5.74) is 0.511. The maximum Gasteiger partial charge on any atom is 0.326 e. The third-order valence-electron chi connectivity index (χ3n) is 3.67.